The zero-order chi connectivity index (χ0) is 12.3. The molecule has 0 atom stereocenters. The molecule has 0 aromatic carbocycles. The van der Waals surface area contributed by atoms with Crippen LogP contribution in [0, 0.1) is 18.3 Å². The van der Waals surface area contributed by atoms with Crippen LogP contribution in [-0.4, -0.2) is 16.5 Å². The number of rotatable bonds is 5. The van der Waals surface area contributed by atoms with E-state index >= 15 is 0 Å². The van der Waals surface area contributed by atoms with Gasteiger partial charge in [0.25, 0.3) is 0 Å². The number of nitrogens with zero attached hydrogens (tertiary/aromatic N) is 1. The van der Waals surface area contributed by atoms with Gasteiger partial charge in [0.2, 0.25) is 0 Å². The quantitative estimate of drug-likeness (QED) is 0.805. The molecule has 0 spiro atoms. The molecule has 0 aliphatic heterocycles. The molecule has 0 saturated heterocycles. The number of aromatic nitrogens is 2. The summed E-state index contributed by atoms with van der Waals surface area (Å²) in [6, 6.07) is 0. The fourth-order valence-corrected chi connectivity index (χ4v) is 1.76. The lowest BCUT2D eigenvalue weighted by Crippen LogP contribution is -2.26. The van der Waals surface area contributed by atoms with Gasteiger partial charge in [0.1, 0.15) is 5.82 Å². The minimum atomic E-state index is 0.124. The minimum absolute atomic E-state index is 0.124. The van der Waals surface area contributed by atoms with Gasteiger partial charge in [0, 0.05) is 12.1 Å². The number of imidazole rings is 1. The maximum atomic E-state index is 5.74. The molecule has 0 aliphatic rings. The van der Waals surface area contributed by atoms with Crippen molar-refractivity contribution in [1.29, 1.82) is 0 Å². The third-order valence-corrected chi connectivity index (χ3v) is 2.83. The average Bonchev–Trinajstić information content (AvgIpc) is 2.45. The monoisotopic (exact) mass is 223 g/mol. The Morgan fingerprint density at radius 3 is 2.50 bits per heavy atom. The number of aryl methyl sites for hydroxylation is 1. The van der Waals surface area contributed by atoms with Crippen molar-refractivity contribution in [2.45, 2.75) is 47.5 Å². The summed E-state index contributed by atoms with van der Waals surface area (Å²) in [5.41, 5.74) is 8.27. The highest BCUT2D eigenvalue weighted by molar-refractivity contribution is 5.14. The van der Waals surface area contributed by atoms with Crippen LogP contribution in [0.2, 0.25) is 0 Å². The van der Waals surface area contributed by atoms with E-state index < -0.39 is 0 Å². The molecule has 0 bridgehead atoms. The summed E-state index contributed by atoms with van der Waals surface area (Å²) >= 11 is 0. The van der Waals surface area contributed by atoms with Crippen LogP contribution in [0.4, 0.5) is 0 Å². The first kappa shape index (κ1) is 13.2. The average molecular weight is 223 g/mol. The first-order valence-electron chi connectivity index (χ1n) is 6.08. The summed E-state index contributed by atoms with van der Waals surface area (Å²) in [6.45, 7) is 11.6. The van der Waals surface area contributed by atoms with E-state index in [4.69, 9.17) is 5.73 Å². The van der Waals surface area contributed by atoms with Crippen LogP contribution in [0.25, 0.3) is 0 Å². The van der Waals surface area contributed by atoms with Crippen LogP contribution in [0.5, 0.6) is 0 Å². The van der Waals surface area contributed by atoms with Gasteiger partial charge in [0.05, 0.1) is 5.69 Å². The molecule has 1 aromatic heterocycles. The number of hydrogen-bond donors (Lipinski definition) is 2. The molecule has 0 amide bonds. The second kappa shape index (κ2) is 5.00. The van der Waals surface area contributed by atoms with Gasteiger partial charge in [-0.3, -0.25) is 0 Å². The van der Waals surface area contributed by atoms with Gasteiger partial charge in [-0.15, -0.1) is 0 Å². The maximum Gasteiger partial charge on any atom is 0.107 e. The van der Waals surface area contributed by atoms with Gasteiger partial charge in [-0.2, -0.15) is 0 Å². The highest BCUT2D eigenvalue weighted by Crippen LogP contribution is 2.20. The van der Waals surface area contributed by atoms with Crippen LogP contribution in [0.1, 0.15) is 44.9 Å². The number of hydrogen-bond acceptors (Lipinski definition) is 2. The van der Waals surface area contributed by atoms with Crippen LogP contribution < -0.4 is 5.73 Å². The Hall–Kier alpha value is -0.830. The minimum Gasteiger partial charge on any atom is -0.346 e. The highest BCUT2D eigenvalue weighted by atomic mass is 14.9. The Labute approximate surface area is 98.8 Å². The lowest BCUT2D eigenvalue weighted by atomic mass is 9.89. The van der Waals surface area contributed by atoms with Gasteiger partial charge < -0.3 is 10.7 Å². The fourth-order valence-electron chi connectivity index (χ4n) is 1.76. The van der Waals surface area contributed by atoms with Gasteiger partial charge in [0.15, 0.2) is 0 Å². The lowest BCUT2D eigenvalue weighted by molar-refractivity contribution is 0.368. The second-order valence-electron chi connectivity index (χ2n) is 5.90. The Morgan fingerprint density at radius 1 is 1.38 bits per heavy atom. The van der Waals surface area contributed by atoms with Crippen molar-refractivity contribution < 1.29 is 0 Å². The third-order valence-electron chi connectivity index (χ3n) is 2.83. The van der Waals surface area contributed by atoms with E-state index in [1.54, 1.807) is 0 Å². The summed E-state index contributed by atoms with van der Waals surface area (Å²) in [5.74, 6) is 1.72. The van der Waals surface area contributed by atoms with E-state index in [9.17, 15) is 0 Å². The SMILES string of the molecule is Cc1[nH]c(CC(C)(C)CN)nc1CC(C)C. The number of aromatic amines is 1. The predicted molar refractivity (Wildman–Crippen MR) is 68.4 cm³/mol. The van der Waals surface area contributed by atoms with Crippen LogP contribution >= 0.6 is 0 Å². The van der Waals surface area contributed by atoms with Gasteiger partial charge in [-0.25, -0.2) is 4.98 Å². The van der Waals surface area contributed by atoms with Crippen molar-refractivity contribution in [3.05, 3.63) is 17.2 Å². The summed E-state index contributed by atoms with van der Waals surface area (Å²) < 4.78 is 0. The Kier molecular flexibility index (Phi) is 4.14. The van der Waals surface area contributed by atoms with Gasteiger partial charge >= 0.3 is 0 Å². The molecule has 0 unspecified atom stereocenters. The van der Waals surface area contributed by atoms with Crippen molar-refractivity contribution in [3.63, 3.8) is 0 Å². The van der Waals surface area contributed by atoms with Crippen LogP contribution in [0.15, 0.2) is 0 Å². The van der Waals surface area contributed by atoms with Crippen LogP contribution in [-0.2, 0) is 12.8 Å². The van der Waals surface area contributed by atoms with E-state index in [1.165, 1.54) is 11.4 Å². The second-order valence-corrected chi connectivity index (χ2v) is 5.90. The molecule has 3 nitrogen and oxygen atoms in total. The molecule has 3 N–H and O–H groups in total. The first-order valence-corrected chi connectivity index (χ1v) is 6.08. The van der Waals surface area contributed by atoms with E-state index in [-0.39, 0.29) is 5.41 Å². The molecular formula is C13H25N3. The maximum absolute atomic E-state index is 5.74. The summed E-state index contributed by atoms with van der Waals surface area (Å²) in [5, 5.41) is 0. The molecule has 0 saturated carbocycles. The zero-order valence-electron chi connectivity index (χ0n) is 11.2. The Bertz CT molecular complexity index is 337. The highest BCUT2D eigenvalue weighted by Gasteiger charge is 2.19. The molecule has 0 fully saturated rings. The number of H-pyrrole nitrogens is 1. The van der Waals surface area contributed by atoms with Gasteiger partial charge in [-0.1, -0.05) is 27.7 Å². The molecule has 1 heterocycles. The molecule has 3 heteroatoms. The van der Waals surface area contributed by atoms with Crippen molar-refractivity contribution in [3.8, 4) is 0 Å². The van der Waals surface area contributed by atoms with Crippen molar-refractivity contribution >= 4 is 0 Å². The molecule has 0 aliphatic carbocycles. The van der Waals surface area contributed by atoms with E-state index in [2.05, 4.69) is 44.6 Å². The standard InChI is InChI=1S/C13H25N3/c1-9(2)6-11-10(3)15-12(16-11)7-13(4,5)8-14/h9H,6-8,14H2,1-5H3,(H,15,16). The van der Waals surface area contributed by atoms with Gasteiger partial charge in [-0.05, 0) is 31.2 Å². The molecule has 1 aromatic rings. The summed E-state index contributed by atoms with van der Waals surface area (Å²) in [6.07, 6.45) is 1.97. The topological polar surface area (TPSA) is 54.7 Å². The Balaban J connectivity index is 2.77. The number of nitrogens with two attached hydrogens (primary N) is 1. The van der Waals surface area contributed by atoms with E-state index in [0.29, 0.717) is 12.5 Å². The fraction of sp³-hybridized carbons (Fsp3) is 0.769. The predicted octanol–water partition coefficient (Wildman–Crippen LogP) is 2.44. The largest absolute Gasteiger partial charge is 0.346 e. The summed E-state index contributed by atoms with van der Waals surface area (Å²) in [7, 11) is 0. The smallest absolute Gasteiger partial charge is 0.107 e. The molecule has 92 valence electrons. The van der Waals surface area contributed by atoms with Crippen molar-refractivity contribution in [2.24, 2.45) is 17.1 Å². The normalized spacial score (nSPS) is 12.4. The van der Waals surface area contributed by atoms with Crippen molar-refractivity contribution in [2.75, 3.05) is 6.54 Å². The molecular weight excluding hydrogens is 198 g/mol. The molecule has 16 heavy (non-hydrogen) atoms. The van der Waals surface area contributed by atoms with E-state index in [0.717, 1.165) is 18.7 Å². The third kappa shape index (κ3) is 3.63. The first-order chi connectivity index (χ1) is 7.34. The number of nitrogens with one attached hydrogen (secondary N) is 1. The summed E-state index contributed by atoms with van der Waals surface area (Å²) in [4.78, 5) is 8.05. The molecule has 1 rings (SSSR count). The van der Waals surface area contributed by atoms with Crippen molar-refractivity contribution in [1.82, 2.24) is 9.97 Å². The molecule has 0 radical (unpaired) electrons. The van der Waals surface area contributed by atoms with Crippen LogP contribution in [0.3, 0.4) is 0 Å². The van der Waals surface area contributed by atoms with E-state index in [1.807, 2.05) is 0 Å². The zero-order valence-corrected chi connectivity index (χ0v) is 11.2. The Morgan fingerprint density at radius 2 is 2.00 bits per heavy atom. The lowest BCUT2D eigenvalue weighted by Gasteiger charge is -2.20.